The molecular weight excluding hydrogens is 390 g/mol. The lowest BCUT2D eigenvalue weighted by Crippen LogP contribution is -2.34. The van der Waals surface area contributed by atoms with Gasteiger partial charge in [0.05, 0.1) is 23.7 Å². The summed E-state index contributed by atoms with van der Waals surface area (Å²) in [6.07, 6.45) is 2.01. The fraction of sp³-hybridized carbons (Fsp3) is 0.350. The summed E-state index contributed by atoms with van der Waals surface area (Å²) < 4.78 is 8.72. The lowest BCUT2D eigenvalue weighted by Gasteiger charge is -2.11. The molecule has 1 fully saturated rings. The molecule has 0 bridgehead atoms. The van der Waals surface area contributed by atoms with Gasteiger partial charge in [-0.05, 0) is 43.3 Å². The third-order valence-electron chi connectivity index (χ3n) is 4.57. The summed E-state index contributed by atoms with van der Waals surface area (Å²) in [6.45, 7) is 2.99. The standard InChI is InChI=1S/C20H23N5O3S/c1-2-28-16-7-4-3-6-15(16)22-19(26)21-11-12-24-20(27)25(14-9-10-14)18(23-24)17-8-5-13-29-17/h3-8,13-14H,2,9-12H2,1H3,(H2,21,22,26). The minimum Gasteiger partial charge on any atom is -0.492 e. The number of carbonyl (C=O) groups is 1. The molecule has 4 rings (SSSR count). The molecule has 2 aromatic heterocycles. The van der Waals surface area contributed by atoms with Crippen LogP contribution in [0.1, 0.15) is 25.8 Å². The van der Waals surface area contributed by atoms with E-state index in [2.05, 4.69) is 15.7 Å². The minimum atomic E-state index is -0.356. The molecule has 152 valence electrons. The second-order valence-electron chi connectivity index (χ2n) is 6.72. The summed E-state index contributed by atoms with van der Waals surface area (Å²) >= 11 is 1.57. The molecule has 0 saturated heterocycles. The molecule has 0 atom stereocenters. The van der Waals surface area contributed by atoms with Crippen molar-refractivity contribution >= 4 is 23.1 Å². The van der Waals surface area contributed by atoms with Crippen LogP contribution in [0.3, 0.4) is 0 Å². The lowest BCUT2D eigenvalue weighted by molar-refractivity contribution is 0.251. The van der Waals surface area contributed by atoms with Gasteiger partial charge in [0.15, 0.2) is 5.82 Å². The molecule has 1 aliphatic rings. The monoisotopic (exact) mass is 413 g/mol. The van der Waals surface area contributed by atoms with E-state index in [4.69, 9.17) is 4.74 Å². The Labute approximate surface area is 172 Å². The molecule has 1 aromatic carbocycles. The van der Waals surface area contributed by atoms with E-state index >= 15 is 0 Å². The number of ether oxygens (including phenoxy) is 1. The van der Waals surface area contributed by atoms with Gasteiger partial charge < -0.3 is 15.4 Å². The maximum absolute atomic E-state index is 12.8. The smallest absolute Gasteiger partial charge is 0.346 e. The van der Waals surface area contributed by atoms with Crippen LogP contribution >= 0.6 is 11.3 Å². The number of hydrogen-bond acceptors (Lipinski definition) is 5. The van der Waals surface area contributed by atoms with E-state index in [1.165, 1.54) is 4.68 Å². The van der Waals surface area contributed by atoms with Gasteiger partial charge in [-0.15, -0.1) is 16.4 Å². The summed E-state index contributed by atoms with van der Waals surface area (Å²) in [4.78, 5) is 26.0. The molecule has 0 aliphatic heterocycles. The van der Waals surface area contributed by atoms with Gasteiger partial charge >= 0.3 is 11.7 Å². The predicted octanol–water partition coefficient (Wildman–Crippen LogP) is 3.33. The number of para-hydroxylation sites is 2. The number of anilines is 1. The van der Waals surface area contributed by atoms with Crippen LogP contribution in [-0.4, -0.2) is 33.5 Å². The van der Waals surface area contributed by atoms with Crippen molar-refractivity contribution in [3.05, 3.63) is 52.3 Å². The van der Waals surface area contributed by atoms with Gasteiger partial charge in [-0.1, -0.05) is 18.2 Å². The molecule has 1 saturated carbocycles. The van der Waals surface area contributed by atoms with Crippen LogP contribution in [0.2, 0.25) is 0 Å². The van der Waals surface area contributed by atoms with Gasteiger partial charge in [0, 0.05) is 12.6 Å². The Kier molecular flexibility index (Phi) is 5.66. The maximum Gasteiger partial charge on any atom is 0.346 e. The molecule has 29 heavy (non-hydrogen) atoms. The molecule has 3 aromatic rings. The van der Waals surface area contributed by atoms with E-state index in [0.717, 1.165) is 17.7 Å². The topological polar surface area (TPSA) is 90.2 Å². The normalized spacial score (nSPS) is 13.3. The third kappa shape index (κ3) is 4.34. The maximum atomic E-state index is 12.8. The predicted molar refractivity (Wildman–Crippen MR) is 113 cm³/mol. The second kappa shape index (κ2) is 8.52. The molecule has 9 heteroatoms. The van der Waals surface area contributed by atoms with E-state index in [0.29, 0.717) is 30.4 Å². The molecule has 1 aliphatic carbocycles. The quantitative estimate of drug-likeness (QED) is 0.593. The van der Waals surface area contributed by atoms with Crippen LogP contribution < -0.4 is 21.1 Å². The number of urea groups is 1. The third-order valence-corrected chi connectivity index (χ3v) is 5.43. The number of aromatic nitrogens is 3. The number of thiophene rings is 1. The first-order valence-corrected chi connectivity index (χ1v) is 10.5. The van der Waals surface area contributed by atoms with E-state index in [1.807, 2.05) is 36.6 Å². The molecule has 0 radical (unpaired) electrons. The van der Waals surface area contributed by atoms with Crippen LogP contribution in [0.5, 0.6) is 5.75 Å². The highest BCUT2D eigenvalue weighted by molar-refractivity contribution is 7.13. The largest absolute Gasteiger partial charge is 0.492 e. The average molecular weight is 414 g/mol. The summed E-state index contributed by atoms with van der Waals surface area (Å²) in [5.41, 5.74) is 0.474. The zero-order valence-electron chi connectivity index (χ0n) is 16.1. The number of amides is 2. The zero-order chi connectivity index (χ0) is 20.2. The Bertz CT molecular complexity index is 1040. The Morgan fingerprint density at radius 1 is 1.28 bits per heavy atom. The number of hydrogen-bond donors (Lipinski definition) is 2. The number of nitrogens with zero attached hydrogens (tertiary/aromatic N) is 3. The number of carbonyl (C=O) groups excluding carboxylic acids is 1. The highest BCUT2D eigenvalue weighted by Gasteiger charge is 2.30. The first-order valence-electron chi connectivity index (χ1n) is 9.67. The van der Waals surface area contributed by atoms with Crippen molar-refractivity contribution in [1.82, 2.24) is 19.7 Å². The summed E-state index contributed by atoms with van der Waals surface area (Å²) in [7, 11) is 0. The highest BCUT2D eigenvalue weighted by Crippen LogP contribution is 2.37. The molecule has 0 unspecified atom stereocenters. The first-order chi connectivity index (χ1) is 14.2. The summed E-state index contributed by atoms with van der Waals surface area (Å²) in [6, 6.07) is 11.1. The molecule has 2 amide bonds. The Morgan fingerprint density at radius 2 is 2.10 bits per heavy atom. The molecule has 8 nitrogen and oxygen atoms in total. The van der Waals surface area contributed by atoms with E-state index in [9.17, 15) is 9.59 Å². The van der Waals surface area contributed by atoms with E-state index < -0.39 is 0 Å². The molecular formula is C20H23N5O3S. The van der Waals surface area contributed by atoms with Gasteiger partial charge in [-0.2, -0.15) is 0 Å². The van der Waals surface area contributed by atoms with Crippen LogP contribution in [0, 0.1) is 0 Å². The lowest BCUT2D eigenvalue weighted by atomic mass is 10.3. The van der Waals surface area contributed by atoms with Gasteiger partial charge in [-0.25, -0.2) is 14.3 Å². The minimum absolute atomic E-state index is 0.125. The van der Waals surface area contributed by atoms with E-state index in [1.54, 1.807) is 28.0 Å². The Morgan fingerprint density at radius 3 is 2.83 bits per heavy atom. The fourth-order valence-electron chi connectivity index (χ4n) is 3.09. The van der Waals surface area contributed by atoms with Crippen molar-refractivity contribution in [2.24, 2.45) is 0 Å². The second-order valence-corrected chi connectivity index (χ2v) is 7.67. The summed E-state index contributed by atoms with van der Waals surface area (Å²) in [5, 5.41) is 12.0. The van der Waals surface area contributed by atoms with Crippen LogP contribution in [0.25, 0.3) is 10.7 Å². The van der Waals surface area contributed by atoms with Crippen molar-refractivity contribution < 1.29 is 9.53 Å². The van der Waals surface area contributed by atoms with Gasteiger partial charge in [-0.3, -0.25) is 4.57 Å². The Hall–Kier alpha value is -3.07. The first kappa shape index (κ1) is 19.3. The van der Waals surface area contributed by atoms with Crippen LogP contribution in [0.4, 0.5) is 10.5 Å². The Balaban J connectivity index is 1.39. The molecule has 2 heterocycles. The van der Waals surface area contributed by atoms with Gasteiger partial charge in [0.25, 0.3) is 0 Å². The van der Waals surface area contributed by atoms with Crippen molar-refractivity contribution in [3.8, 4) is 16.5 Å². The molecule has 0 spiro atoms. The van der Waals surface area contributed by atoms with Crippen molar-refractivity contribution in [2.75, 3.05) is 18.5 Å². The number of benzene rings is 1. The average Bonchev–Trinajstić information content (AvgIpc) is 3.28. The summed E-state index contributed by atoms with van der Waals surface area (Å²) in [5.74, 6) is 1.33. The fourth-order valence-corrected chi connectivity index (χ4v) is 3.80. The highest BCUT2D eigenvalue weighted by atomic mass is 32.1. The van der Waals surface area contributed by atoms with Crippen molar-refractivity contribution in [2.45, 2.75) is 32.4 Å². The van der Waals surface area contributed by atoms with E-state index in [-0.39, 0.29) is 24.3 Å². The molecule has 2 N–H and O–H groups in total. The number of nitrogens with one attached hydrogen (secondary N) is 2. The zero-order valence-corrected chi connectivity index (χ0v) is 16.9. The number of rotatable bonds is 8. The van der Waals surface area contributed by atoms with Crippen molar-refractivity contribution in [3.63, 3.8) is 0 Å². The van der Waals surface area contributed by atoms with Gasteiger partial charge in [0.1, 0.15) is 5.75 Å². The van der Waals surface area contributed by atoms with Crippen molar-refractivity contribution in [1.29, 1.82) is 0 Å². The van der Waals surface area contributed by atoms with Crippen LogP contribution in [0.15, 0.2) is 46.6 Å². The SMILES string of the molecule is CCOc1ccccc1NC(=O)NCCn1nc(-c2cccs2)n(C2CC2)c1=O. The van der Waals surface area contributed by atoms with Gasteiger partial charge in [0.2, 0.25) is 0 Å². The van der Waals surface area contributed by atoms with Crippen LogP contribution in [-0.2, 0) is 6.54 Å².